The van der Waals surface area contributed by atoms with Crippen LogP contribution in [0.4, 0.5) is 0 Å². The Morgan fingerprint density at radius 2 is 2.00 bits per heavy atom. The fraction of sp³-hybridized carbons (Fsp3) is 0.222. The van der Waals surface area contributed by atoms with E-state index >= 15 is 0 Å². The van der Waals surface area contributed by atoms with E-state index in [1.807, 2.05) is 25.2 Å². The second-order valence-electron chi connectivity index (χ2n) is 5.40. The van der Waals surface area contributed by atoms with Crippen LogP contribution in [0.25, 0.3) is 22.3 Å². The Hall–Kier alpha value is -2.06. The molecule has 1 atom stereocenters. The van der Waals surface area contributed by atoms with E-state index in [-0.39, 0.29) is 0 Å². The first kappa shape index (κ1) is 11.7. The van der Waals surface area contributed by atoms with Crippen LogP contribution in [-0.4, -0.2) is 7.05 Å². The summed E-state index contributed by atoms with van der Waals surface area (Å²) >= 11 is 0. The molecular formula is C18H17NO. The third-order valence-electron chi connectivity index (χ3n) is 4.31. The molecular weight excluding hydrogens is 246 g/mol. The van der Waals surface area contributed by atoms with Gasteiger partial charge in [0.2, 0.25) is 0 Å². The van der Waals surface area contributed by atoms with Gasteiger partial charge in [-0.05, 0) is 43.1 Å². The molecule has 1 aromatic heterocycles. The molecule has 2 heteroatoms. The summed E-state index contributed by atoms with van der Waals surface area (Å²) in [5.41, 5.74) is 5.07. The van der Waals surface area contributed by atoms with Crippen molar-refractivity contribution in [3.05, 3.63) is 59.7 Å². The monoisotopic (exact) mass is 263 g/mol. The van der Waals surface area contributed by atoms with Crippen molar-refractivity contribution in [1.82, 2.24) is 5.32 Å². The molecule has 0 amide bonds. The Labute approximate surface area is 118 Å². The molecule has 0 bridgehead atoms. The molecule has 2 nitrogen and oxygen atoms in total. The Kier molecular flexibility index (Phi) is 2.64. The largest absolute Gasteiger partial charge is 0.456 e. The average Bonchev–Trinajstić information content (AvgIpc) is 3.10. The van der Waals surface area contributed by atoms with Gasteiger partial charge in [0.25, 0.3) is 0 Å². The van der Waals surface area contributed by atoms with Crippen molar-refractivity contribution < 1.29 is 4.42 Å². The highest BCUT2D eigenvalue weighted by Crippen LogP contribution is 2.39. The van der Waals surface area contributed by atoms with Gasteiger partial charge in [0.05, 0.1) is 0 Å². The second-order valence-corrected chi connectivity index (χ2v) is 5.40. The summed E-state index contributed by atoms with van der Waals surface area (Å²) < 4.78 is 6.03. The van der Waals surface area contributed by atoms with Crippen LogP contribution >= 0.6 is 0 Å². The zero-order valence-corrected chi connectivity index (χ0v) is 11.5. The lowest BCUT2D eigenvalue weighted by Crippen LogP contribution is -2.12. The van der Waals surface area contributed by atoms with Gasteiger partial charge in [-0.15, -0.1) is 0 Å². The Morgan fingerprint density at radius 3 is 2.85 bits per heavy atom. The number of rotatable bonds is 2. The summed E-state index contributed by atoms with van der Waals surface area (Å²) in [6, 6.07) is 17.4. The molecule has 4 rings (SSSR count). The van der Waals surface area contributed by atoms with Crippen molar-refractivity contribution in [3.8, 4) is 11.3 Å². The molecule has 0 spiro atoms. The van der Waals surface area contributed by atoms with E-state index in [4.69, 9.17) is 4.42 Å². The molecule has 3 aromatic rings. The van der Waals surface area contributed by atoms with E-state index in [1.54, 1.807) is 0 Å². The molecule has 0 aliphatic heterocycles. The van der Waals surface area contributed by atoms with Crippen LogP contribution < -0.4 is 5.32 Å². The van der Waals surface area contributed by atoms with Crippen LogP contribution in [0.5, 0.6) is 0 Å². The highest BCUT2D eigenvalue weighted by Gasteiger charge is 2.24. The van der Waals surface area contributed by atoms with Crippen molar-refractivity contribution in [1.29, 1.82) is 0 Å². The summed E-state index contributed by atoms with van der Waals surface area (Å²) in [5, 5.41) is 4.56. The summed E-state index contributed by atoms with van der Waals surface area (Å²) in [6.07, 6.45) is 2.29. The summed E-state index contributed by atoms with van der Waals surface area (Å²) in [6.45, 7) is 0. The zero-order valence-electron chi connectivity index (χ0n) is 11.5. The van der Waals surface area contributed by atoms with Gasteiger partial charge in [0.15, 0.2) is 0 Å². The topological polar surface area (TPSA) is 25.2 Å². The van der Waals surface area contributed by atoms with Gasteiger partial charge in [0, 0.05) is 17.0 Å². The van der Waals surface area contributed by atoms with Crippen molar-refractivity contribution in [2.45, 2.75) is 18.9 Å². The fourth-order valence-corrected chi connectivity index (χ4v) is 3.30. The second kappa shape index (κ2) is 4.50. The molecule has 0 radical (unpaired) electrons. The van der Waals surface area contributed by atoms with Crippen molar-refractivity contribution in [3.63, 3.8) is 0 Å². The molecule has 1 heterocycles. The predicted molar refractivity (Wildman–Crippen MR) is 81.8 cm³/mol. The maximum atomic E-state index is 6.03. The molecule has 0 saturated heterocycles. The minimum Gasteiger partial charge on any atom is -0.456 e. The molecule has 2 aromatic carbocycles. The lowest BCUT2D eigenvalue weighted by molar-refractivity contribution is 0.590. The molecule has 1 aliphatic rings. The Morgan fingerprint density at radius 1 is 1.10 bits per heavy atom. The number of hydrogen-bond acceptors (Lipinski definition) is 2. The van der Waals surface area contributed by atoms with E-state index in [0.29, 0.717) is 6.04 Å². The average molecular weight is 263 g/mol. The Bertz CT molecular complexity index is 739. The van der Waals surface area contributed by atoms with Crippen molar-refractivity contribution in [2.75, 3.05) is 7.05 Å². The number of nitrogens with one attached hydrogen (secondary N) is 1. The van der Waals surface area contributed by atoms with E-state index < -0.39 is 0 Å². The van der Waals surface area contributed by atoms with E-state index in [0.717, 1.165) is 17.8 Å². The lowest BCUT2D eigenvalue weighted by Gasteiger charge is -2.10. The van der Waals surface area contributed by atoms with E-state index in [1.165, 1.54) is 28.5 Å². The molecule has 0 fully saturated rings. The first-order valence-corrected chi connectivity index (χ1v) is 7.15. The number of furan rings is 1. The number of para-hydroxylation sites is 1. The van der Waals surface area contributed by atoms with Crippen molar-refractivity contribution >= 4 is 11.0 Å². The first-order chi connectivity index (χ1) is 9.86. The fourth-order valence-electron chi connectivity index (χ4n) is 3.30. The van der Waals surface area contributed by atoms with Gasteiger partial charge in [-0.3, -0.25) is 0 Å². The maximum Gasteiger partial charge on any atom is 0.135 e. The van der Waals surface area contributed by atoms with Gasteiger partial charge in [-0.2, -0.15) is 0 Å². The summed E-state index contributed by atoms with van der Waals surface area (Å²) in [5.74, 6) is 0.986. The van der Waals surface area contributed by atoms with Gasteiger partial charge < -0.3 is 9.73 Å². The highest BCUT2D eigenvalue weighted by molar-refractivity contribution is 5.83. The third-order valence-corrected chi connectivity index (χ3v) is 4.31. The predicted octanol–water partition coefficient (Wildman–Crippen LogP) is 4.31. The minimum absolute atomic E-state index is 0.481. The normalized spacial score (nSPS) is 17.6. The van der Waals surface area contributed by atoms with Crippen LogP contribution in [-0.2, 0) is 6.42 Å². The minimum atomic E-state index is 0.481. The molecule has 20 heavy (non-hydrogen) atoms. The number of hydrogen-bond donors (Lipinski definition) is 1. The summed E-state index contributed by atoms with van der Waals surface area (Å²) in [4.78, 5) is 0. The molecule has 100 valence electrons. The van der Waals surface area contributed by atoms with Crippen LogP contribution in [0, 0.1) is 0 Å². The Balaban J connectivity index is 1.89. The molecule has 1 N–H and O–H groups in total. The lowest BCUT2D eigenvalue weighted by atomic mass is 10.0. The SMILES string of the molecule is CNC1CCc2c(-c3cc4ccccc4o3)cccc21. The van der Waals surface area contributed by atoms with Gasteiger partial charge in [0.1, 0.15) is 11.3 Å². The van der Waals surface area contributed by atoms with E-state index in [9.17, 15) is 0 Å². The van der Waals surface area contributed by atoms with Gasteiger partial charge in [-0.1, -0.05) is 36.4 Å². The highest BCUT2D eigenvalue weighted by atomic mass is 16.3. The first-order valence-electron chi connectivity index (χ1n) is 7.15. The molecule has 1 unspecified atom stereocenters. The van der Waals surface area contributed by atoms with Gasteiger partial charge >= 0.3 is 0 Å². The third kappa shape index (κ3) is 1.69. The number of fused-ring (bicyclic) bond motifs is 2. The van der Waals surface area contributed by atoms with Gasteiger partial charge in [-0.25, -0.2) is 0 Å². The number of benzene rings is 2. The maximum absolute atomic E-state index is 6.03. The quantitative estimate of drug-likeness (QED) is 0.745. The molecule has 0 saturated carbocycles. The van der Waals surface area contributed by atoms with Crippen LogP contribution in [0.2, 0.25) is 0 Å². The van der Waals surface area contributed by atoms with Crippen LogP contribution in [0.3, 0.4) is 0 Å². The zero-order chi connectivity index (χ0) is 13.5. The van der Waals surface area contributed by atoms with E-state index in [2.05, 4.69) is 35.6 Å². The summed E-state index contributed by atoms with van der Waals surface area (Å²) in [7, 11) is 2.04. The smallest absolute Gasteiger partial charge is 0.135 e. The standard InChI is InChI=1S/C18H17NO/c1-19-16-10-9-13-14(16)6-4-7-15(13)18-11-12-5-2-3-8-17(12)20-18/h2-8,11,16,19H,9-10H2,1H3. The molecule has 1 aliphatic carbocycles. The van der Waals surface area contributed by atoms with Crippen LogP contribution in [0.15, 0.2) is 52.9 Å². The van der Waals surface area contributed by atoms with Crippen molar-refractivity contribution in [2.24, 2.45) is 0 Å². The van der Waals surface area contributed by atoms with Crippen LogP contribution in [0.1, 0.15) is 23.6 Å².